The van der Waals surface area contributed by atoms with Gasteiger partial charge in [0.15, 0.2) is 4.77 Å². The molecule has 21 heavy (non-hydrogen) atoms. The van der Waals surface area contributed by atoms with Crippen LogP contribution in [0.4, 0.5) is 0 Å². The zero-order valence-electron chi connectivity index (χ0n) is 10.9. The Bertz CT molecular complexity index is 839. The lowest BCUT2D eigenvalue weighted by molar-refractivity contribution is 0.902. The summed E-state index contributed by atoms with van der Waals surface area (Å²) in [5.41, 5.74) is 1.87. The first-order valence-corrected chi connectivity index (χ1v) is 7.47. The van der Waals surface area contributed by atoms with Gasteiger partial charge in [-0.05, 0) is 42.0 Å². The van der Waals surface area contributed by atoms with Crippen LogP contribution in [0.15, 0.2) is 48.5 Å². The van der Waals surface area contributed by atoms with E-state index in [0.717, 1.165) is 17.1 Å². The van der Waals surface area contributed by atoms with Crippen molar-refractivity contribution in [3.63, 3.8) is 0 Å². The fourth-order valence-corrected chi connectivity index (χ4v) is 2.79. The van der Waals surface area contributed by atoms with Crippen LogP contribution in [-0.4, -0.2) is 14.8 Å². The standard InChI is InChI=1S/C15H11Cl2N3S/c16-11-5-3-6-12(9-11)20-14(18-19-15(20)21)8-10-4-1-2-7-13(10)17/h1-7,9H,8H2,(H,19,21). The minimum absolute atomic E-state index is 0.527. The van der Waals surface area contributed by atoms with Crippen molar-refractivity contribution in [2.45, 2.75) is 6.42 Å². The minimum atomic E-state index is 0.527. The van der Waals surface area contributed by atoms with Crippen molar-refractivity contribution >= 4 is 35.4 Å². The number of hydrogen-bond donors (Lipinski definition) is 1. The third kappa shape index (κ3) is 3.02. The van der Waals surface area contributed by atoms with Crippen LogP contribution in [0, 0.1) is 4.77 Å². The molecule has 0 aliphatic heterocycles. The third-order valence-corrected chi connectivity index (χ3v) is 3.99. The topological polar surface area (TPSA) is 33.6 Å². The lowest BCUT2D eigenvalue weighted by Crippen LogP contribution is -2.03. The van der Waals surface area contributed by atoms with Crippen LogP contribution in [0.25, 0.3) is 5.69 Å². The molecule has 0 saturated heterocycles. The summed E-state index contributed by atoms with van der Waals surface area (Å²) in [5.74, 6) is 0.787. The zero-order chi connectivity index (χ0) is 14.8. The van der Waals surface area contributed by atoms with Gasteiger partial charge in [-0.15, -0.1) is 0 Å². The van der Waals surface area contributed by atoms with E-state index >= 15 is 0 Å². The van der Waals surface area contributed by atoms with E-state index in [1.54, 1.807) is 0 Å². The molecular formula is C15H11Cl2N3S. The number of H-pyrrole nitrogens is 1. The van der Waals surface area contributed by atoms with Crippen LogP contribution in [0.2, 0.25) is 10.0 Å². The van der Waals surface area contributed by atoms with Gasteiger partial charge in [-0.25, -0.2) is 0 Å². The first-order chi connectivity index (χ1) is 10.1. The van der Waals surface area contributed by atoms with Crippen LogP contribution in [0.1, 0.15) is 11.4 Å². The number of benzene rings is 2. The molecule has 1 heterocycles. The van der Waals surface area contributed by atoms with Crippen molar-refractivity contribution in [2.24, 2.45) is 0 Å². The van der Waals surface area contributed by atoms with Gasteiger partial charge in [0.25, 0.3) is 0 Å². The summed E-state index contributed by atoms with van der Waals surface area (Å²) in [5, 5.41) is 8.49. The largest absolute Gasteiger partial charge is 0.272 e. The molecule has 0 atom stereocenters. The van der Waals surface area contributed by atoms with Gasteiger partial charge < -0.3 is 0 Å². The third-order valence-electron chi connectivity index (χ3n) is 3.11. The molecule has 0 aliphatic carbocycles. The number of rotatable bonds is 3. The van der Waals surface area contributed by atoms with E-state index in [1.807, 2.05) is 53.1 Å². The second-order valence-corrected chi connectivity index (χ2v) is 5.76. The van der Waals surface area contributed by atoms with Gasteiger partial charge in [-0.2, -0.15) is 5.10 Å². The van der Waals surface area contributed by atoms with Crippen molar-refractivity contribution in [1.82, 2.24) is 14.8 Å². The van der Waals surface area contributed by atoms with E-state index in [1.165, 1.54) is 0 Å². The maximum atomic E-state index is 6.21. The fourth-order valence-electron chi connectivity index (χ4n) is 2.14. The van der Waals surface area contributed by atoms with Crippen LogP contribution in [0.5, 0.6) is 0 Å². The number of aromatic amines is 1. The Morgan fingerprint density at radius 2 is 1.90 bits per heavy atom. The maximum Gasteiger partial charge on any atom is 0.199 e. The predicted molar refractivity (Wildman–Crippen MR) is 88.0 cm³/mol. The fraction of sp³-hybridized carbons (Fsp3) is 0.0667. The first kappa shape index (κ1) is 14.3. The molecule has 3 rings (SSSR count). The molecule has 3 nitrogen and oxygen atoms in total. The van der Waals surface area contributed by atoms with Crippen molar-refractivity contribution in [2.75, 3.05) is 0 Å². The second kappa shape index (κ2) is 6.02. The highest BCUT2D eigenvalue weighted by Crippen LogP contribution is 2.21. The quantitative estimate of drug-likeness (QED) is 0.695. The molecule has 106 valence electrons. The van der Waals surface area contributed by atoms with Crippen LogP contribution < -0.4 is 0 Å². The average molecular weight is 336 g/mol. The Balaban J connectivity index is 2.06. The van der Waals surface area contributed by atoms with Gasteiger partial charge in [0.05, 0.1) is 5.69 Å². The molecular weight excluding hydrogens is 325 g/mol. The van der Waals surface area contributed by atoms with Crippen molar-refractivity contribution in [3.8, 4) is 5.69 Å². The highest BCUT2D eigenvalue weighted by atomic mass is 35.5. The number of aromatic nitrogens is 3. The van der Waals surface area contributed by atoms with Gasteiger partial charge >= 0.3 is 0 Å². The summed E-state index contributed by atoms with van der Waals surface area (Å²) in [7, 11) is 0. The van der Waals surface area contributed by atoms with Gasteiger partial charge in [0.1, 0.15) is 5.82 Å². The summed E-state index contributed by atoms with van der Waals surface area (Å²) in [6.07, 6.45) is 0.583. The molecule has 3 aromatic rings. The Hall–Kier alpha value is -1.62. The number of hydrogen-bond acceptors (Lipinski definition) is 2. The monoisotopic (exact) mass is 335 g/mol. The molecule has 6 heteroatoms. The molecule has 0 saturated carbocycles. The Morgan fingerprint density at radius 1 is 1.10 bits per heavy atom. The highest BCUT2D eigenvalue weighted by Gasteiger charge is 2.11. The van der Waals surface area contributed by atoms with Crippen molar-refractivity contribution in [1.29, 1.82) is 0 Å². The average Bonchev–Trinajstić information content (AvgIpc) is 2.82. The van der Waals surface area contributed by atoms with Gasteiger partial charge in [-0.3, -0.25) is 9.67 Å². The van der Waals surface area contributed by atoms with E-state index in [0.29, 0.717) is 21.2 Å². The summed E-state index contributed by atoms with van der Waals surface area (Å²) >= 11 is 17.6. The molecule has 0 fully saturated rings. The Labute approximate surface area is 137 Å². The maximum absolute atomic E-state index is 6.21. The van der Waals surface area contributed by atoms with E-state index in [-0.39, 0.29) is 0 Å². The first-order valence-electron chi connectivity index (χ1n) is 6.31. The number of nitrogens with zero attached hydrogens (tertiary/aromatic N) is 2. The Kier molecular flexibility index (Phi) is 4.10. The predicted octanol–water partition coefficient (Wildman–Crippen LogP) is 4.83. The lowest BCUT2D eigenvalue weighted by Gasteiger charge is -2.08. The summed E-state index contributed by atoms with van der Waals surface area (Å²) < 4.78 is 2.39. The number of nitrogens with one attached hydrogen (secondary N) is 1. The normalized spacial score (nSPS) is 10.8. The molecule has 1 aromatic heterocycles. The van der Waals surface area contributed by atoms with Crippen LogP contribution >= 0.6 is 35.4 Å². The van der Waals surface area contributed by atoms with Gasteiger partial charge in [0.2, 0.25) is 0 Å². The minimum Gasteiger partial charge on any atom is -0.272 e. The summed E-state index contributed by atoms with van der Waals surface area (Å²) in [6, 6.07) is 15.2. The molecule has 2 aromatic carbocycles. The molecule has 1 N–H and O–H groups in total. The molecule has 0 aliphatic rings. The summed E-state index contributed by atoms with van der Waals surface area (Å²) in [4.78, 5) is 0. The van der Waals surface area contributed by atoms with E-state index in [4.69, 9.17) is 35.4 Å². The van der Waals surface area contributed by atoms with Gasteiger partial charge in [0, 0.05) is 16.5 Å². The highest BCUT2D eigenvalue weighted by molar-refractivity contribution is 7.71. The lowest BCUT2D eigenvalue weighted by atomic mass is 10.1. The zero-order valence-corrected chi connectivity index (χ0v) is 13.2. The van der Waals surface area contributed by atoms with E-state index in [2.05, 4.69) is 10.2 Å². The SMILES string of the molecule is S=c1[nH]nc(Cc2ccccc2Cl)n1-c1cccc(Cl)c1. The van der Waals surface area contributed by atoms with Crippen LogP contribution in [0.3, 0.4) is 0 Å². The summed E-state index contributed by atoms with van der Waals surface area (Å²) in [6.45, 7) is 0. The Morgan fingerprint density at radius 3 is 2.67 bits per heavy atom. The van der Waals surface area contributed by atoms with Crippen LogP contribution in [-0.2, 0) is 6.42 Å². The molecule has 0 radical (unpaired) electrons. The van der Waals surface area contributed by atoms with E-state index < -0.39 is 0 Å². The smallest absolute Gasteiger partial charge is 0.199 e. The molecule has 0 spiro atoms. The van der Waals surface area contributed by atoms with Crippen molar-refractivity contribution < 1.29 is 0 Å². The second-order valence-electron chi connectivity index (χ2n) is 4.53. The van der Waals surface area contributed by atoms with Crippen molar-refractivity contribution in [3.05, 3.63) is 74.7 Å². The van der Waals surface area contributed by atoms with E-state index in [9.17, 15) is 0 Å². The van der Waals surface area contributed by atoms with Gasteiger partial charge in [-0.1, -0.05) is 47.5 Å². The molecule has 0 unspecified atom stereocenters. The molecule has 0 bridgehead atoms. The molecule has 0 amide bonds. The number of halogens is 2.